The number of carboxylic acid groups (broad SMARTS) is 1. The van der Waals surface area contributed by atoms with Gasteiger partial charge in [0.15, 0.2) is 0 Å². The van der Waals surface area contributed by atoms with Gasteiger partial charge in [-0.15, -0.1) is 0 Å². The fourth-order valence-corrected chi connectivity index (χ4v) is 3.45. The number of hydrogen-bond acceptors (Lipinski definition) is 3. The number of aryl methyl sites for hydroxylation is 1. The lowest BCUT2D eigenvalue weighted by Crippen LogP contribution is -2.26. The van der Waals surface area contributed by atoms with E-state index in [0.29, 0.717) is 18.3 Å². The number of nitrogens with one attached hydrogen (secondary N) is 1. The smallest absolute Gasteiger partial charge is 0.352 e. The summed E-state index contributed by atoms with van der Waals surface area (Å²) in [7, 11) is 3.41. The lowest BCUT2D eigenvalue weighted by molar-refractivity contribution is 0.0685. The van der Waals surface area contributed by atoms with Crippen molar-refractivity contribution in [2.24, 2.45) is 7.05 Å². The summed E-state index contributed by atoms with van der Waals surface area (Å²) >= 11 is 0. The number of fused-ring (bicyclic) bond motifs is 1. The molecule has 0 spiro atoms. The summed E-state index contributed by atoms with van der Waals surface area (Å²) in [5.41, 5.74) is 2.10. The van der Waals surface area contributed by atoms with Crippen LogP contribution < -0.4 is 10.1 Å². The second-order valence-corrected chi connectivity index (χ2v) is 5.94. The van der Waals surface area contributed by atoms with Crippen molar-refractivity contribution in [1.29, 1.82) is 0 Å². The Hall–Kier alpha value is -2.01. The molecule has 0 amide bonds. The monoisotopic (exact) mass is 302 g/mol. The summed E-state index contributed by atoms with van der Waals surface area (Å²) in [6, 6.07) is 6.23. The molecule has 1 saturated carbocycles. The van der Waals surface area contributed by atoms with Crippen molar-refractivity contribution in [3.8, 4) is 5.75 Å². The van der Waals surface area contributed by atoms with Gasteiger partial charge in [-0.1, -0.05) is 12.8 Å². The minimum absolute atomic E-state index is 0.355. The lowest BCUT2D eigenvalue weighted by Gasteiger charge is -2.12. The number of hydrogen-bond donors (Lipinski definition) is 2. The summed E-state index contributed by atoms with van der Waals surface area (Å²) < 4.78 is 6.99. The Labute approximate surface area is 129 Å². The summed E-state index contributed by atoms with van der Waals surface area (Å²) in [4.78, 5) is 11.7. The first-order chi connectivity index (χ1) is 10.6. The Kier molecular flexibility index (Phi) is 4.07. The van der Waals surface area contributed by atoms with Crippen molar-refractivity contribution in [3.05, 3.63) is 29.5 Å². The van der Waals surface area contributed by atoms with E-state index < -0.39 is 5.97 Å². The van der Waals surface area contributed by atoms with Crippen LogP contribution in [0.2, 0.25) is 0 Å². The molecule has 118 valence electrons. The third-order valence-corrected chi connectivity index (χ3v) is 4.64. The van der Waals surface area contributed by atoms with E-state index in [1.165, 1.54) is 25.7 Å². The Morgan fingerprint density at radius 3 is 2.77 bits per heavy atom. The van der Waals surface area contributed by atoms with Gasteiger partial charge < -0.3 is 19.7 Å². The molecule has 5 nitrogen and oxygen atoms in total. The van der Waals surface area contributed by atoms with Gasteiger partial charge >= 0.3 is 5.97 Å². The van der Waals surface area contributed by atoms with Crippen molar-refractivity contribution < 1.29 is 14.6 Å². The molecular weight excluding hydrogens is 280 g/mol. The van der Waals surface area contributed by atoms with Gasteiger partial charge in [0.25, 0.3) is 0 Å². The third kappa shape index (κ3) is 2.57. The largest absolute Gasteiger partial charge is 0.497 e. The minimum Gasteiger partial charge on any atom is -0.497 e. The predicted octanol–water partition coefficient (Wildman–Crippen LogP) is 2.92. The number of nitrogens with zero attached hydrogens (tertiary/aromatic N) is 1. The van der Waals surface area contributed by atoms with Crippen molar-refractivity contribution in [2.45, 2.75) is 38.3 Å². The highest BCUT2D eigenvalue weighted by atomic mass is 16.5. The molecule has 1 aromatic heterocycles. The maximum atomic E-state index is 11.7. The van der Waals surface area contributed by atoms with Gasteiger partial charge in [0.2, 0.25) is 0 Å². The SMILES string of the molecule is COc1ccc2c(CNC3CCCC3)c(C(=O)O)n(C)c2c1. The molecule has 2 aromatic rings. The number of rotatable bonds is 5. The maximum Gasteiger partial charge on any atom is 0.352 e. The zero-order valence-electron chi connectivity index (χ0n) is 13.1. The van der Waals surface area contributed by atoms with Crippen molar-refractivity contribution in [1.82, 2.24) is 9.88 Å². The van der Waals surface area contributed by atoms with Crippen LogP contribution in [0.1, 0.15) is 41.7 Å². The molecule has 2 N–H and O–H groups in total. The third-order valence-electron chi connectivity index (χ3n) is 4.64. The Morgan fingerprint density at radius 2 is 2.14 bits per heavy atom. The van der Waals surface area contributed by atoms with Gasteiger partial charge in [-0.25, -0.2) is 4.79 Å². The highest BCUT2D eigenvalue weighted by Crippen LogP contribution is 2.29. The van der Waals surface area contributed by atoms with Gasteiger partial charge in [0.05, 0.1) is 12.6 Å². The molecule has 0 bridgehead atoms. The van der Waals surface area contributed by atoms with Crippen LogP contribution in [0.4, 0.5) is 0 Å². The van der Waals surface area contributed by atoms with Crippen LogP contribution in [-0.4, -0.2) is 28.8 Å². The molecule has 5 heteroatoms. The quantitative estimate of drug-likeness (QED) is 0.891. The first kappa shape index (κ1) is 14.9. The van der Waals surface area contributed by atoms with Crippen LogP contribution in [0.15, 0.2) is 18.2 Å². The lowest BCUT2D eigenvalue weighted by atomic mass is 10.1. The van der Waals surface area contributed by atoms with Crippen molar-refractivity contribution in [3.63, 3.8) is 0 Å². The molecule has 0 aliphatic heterocycles. The van der Waals surface area contributed by atoms with Gasteiger partial charge in [0.1, 0.15) is 11.4 Å². The molecule has 1 aromatic carbocycles. The molecule has 0 radical (unpaired) electrons. The van der Waals surface area contributed by atoms with Gasteiger partial charge in [-0.2, -0.15) is 0 Å². The fraction of sp³-hybridized carbons (Fsp3) is 0.471. The van der Waals surface area contributed by atoms with Crippen LogP contribution >= 0.6 is 0 Å². The first-order valence-corrected chi connectivity index (χ1v) is 7.73. The van der Waals surface area contributed by atoms with Crippen molar-refractivity contribution in [2.75, 3.05) is 7.11 Å². The topological polar surface area (TPSA) is 63.5 Å². The van der Waals surface area contributed by atoms with Gasteiger partial charge in [0, 0.05) is 36.7 Å². The number of methoxy groups -OCH3 is 1. The number of aromatic nitrogens is 1. The second-order valence-electron chi connectivity index (χ2n) is 5.94. The number of ether oxygens (including phenoxy) is 1. The molecule has 22 heavy (non-hydrogen) atoms. The highest BCUT2D eigenvalue weighted by molar-refractivity contribution is 5.98. The zero-order valence-corrected chi connectivity index (χ0v) is 13.1. The summed E-state index contributed by atoms with van der Waals surface area (Å²) in [5, 5.41) is 14.1. The summed E-state index contributed by atoms with van der Waals surface area (Å²) in [6.45, 7) is 0.593. The van der Waals surface area contributed by atoms with E-state index in [2.05, 4.69) is 5.32 Å². The van der Waals surface area contributed by atoms with Gasteiger partial charge in [-0.05, 0) is 25.0 Å². The van der Waals surface area contributed by atoms with Crippen LogP contribution in [-0.2, 0) is 13.6 Å². The second kappa shape index (κ2) is 6.01. The normalized spacial score (nSPS) is 15.5. The van der Waals surface area contributed by atoms with Crippen LogP contribution in [0.5, 0.6) is 5.75 Å². The van der Waals surface area contributed by atoms with Crippen LogP contribution in [0, 0.1) is 0 Å². The molecule has 0 saturated heterocycles. The zero-order chi connectivity index (χ0) is 15.7. The first-order valence-electron chi connectivity index (χ1n) is 7.73. The highest BCUT2D eigenvalue weighted by Gasteiger charge is 2.22. The number of carboxylic acids is 1. The fourth-order valence-electron chi connectivity index (χ4n) is 3.45. The Bertz CT molecular complexity index is 699. The van der Waals surface area contributed by atoms with E-state index in [4.69, 9.17) is 4.74 Å². The minimum atomic E-state index is -0.888. The molecular formula is C17H22N2O3. The summed E-state index contributed by atoms with van der Waals surface area (Å²) in [5.74, 6) is -0.152. The average Bonchev–Trinajstić information content (AvgIpc) is 3.11. The molecule has 3 rings (SSSR count). The molecule has 0 atom stereocenters. The number of aromatic carboxylic acids is 1. The summed E-state index contributed by atoms with van der Waals surface area (Å²) in [6.07, 6.45) is 4.88. The average molecular weight is 302 g/mol. The van der Waals surface area contributed by atoms with Gasteiger partial charge in [-0.3, -0.25) is 0 Å². The Morgan fingerprint density at radius 1 is 1.41 bits per heavy atom. The molecule has 1 fully saturated rings. The molecule has 0 unspecified atom stereocenters. The van der Waals surface area contributed by atoms with Crippen LogP contribution in [0.25, 0.3) is 10.9 Å². The van der Waals surface area contributed by atoms with Crippen molar-refractivity contribution >= 4 is 16.9 Å². The molecule has 1 aliphatic carbocycles. The number of carbonyl (C=O) groups is 1. The molecule has 1 aliphatic rings. The Balaban J connectivity index is 2.01. The van der Waals surface area contributed by atoms with E-state index >= 15 is 0 Å². The standard InChI is InChI=1S/C17H22N2O3/c1-19-15-9-12(22-2)7-8-13(15)14(16(19)17(20)21)10-18-11-5-3-4-6-11/h7-9,11,18H,3-6,10H2,1-2H3,(H,20,21). The van der Waals surface area contributed by atoms with E-state index in [1.54, 1.807) is 18.7 Å². The predicted molar refractivity (Wildman–Crippen MR) is 85.5 cm³/mol. The van der Waals surface area contributed by atoms with E-state index in [1.807, 2.05) is 18.2 Å². The van der Waals surface area contributed by atoms with Crippen LogP contribution in [0.3, 0.4) is 0 Å². The van der Waals surface area contributed by atoms with E-state index in [9.17, 15) is 9.90 Å². The molecule has 1 heterocycles. The van der Waals surface area contributed by atoms with E-state index in [0.717, 1.165) is 22.2 Å². The maximum absolute atomic E-state index is 11.7. The van der Waals surface area contributed by atoms with E-state index in [-0.39, 0.29) is 0 Å². The number of benzene rings is 1.